The normalized spacial score (nSPS) is 14.1. The third-order valence-corrected chi connectivity index (χ3v) is 3.98. The first-order valence-corrected chi connectivity index (χ1v) is 7.45. The average molecular weight is 228 g/mol. The van der Waals surface area contributed by atoms with E-state index in [4.69, 9.17) is 4.55 Å². The van der Waals surface area contributed by atoms with Crippen LogP contribution in [0.5, 0.6) is 0 Å². The predicted molar refractivity (Wildman–Crippen MR) is 63.7 cm³/mol. The van der Waals surface area contributed by atoms with Crippen molar-refractivity contribution in [2.24, 2.45) is 0 Å². The fourth-order valence-electron chi connectivity index (χ4n) is 1.54. The monoisotopic (exact) mass is 228 g/mol. The van der Waals surface area contributed by atoms with E-state index < -0.39 is 14.0 Å². The van der Waals surface area contributed by atoms with Crippen LogP contribution in [0.15, 0.2) is 0 Å². The van der Waals surface area contributed by atoms with Crippen LogP contribution in [-0.4, -0.2) is 34.6 Å². The number of hydrogen-bond donors (Lipinski definition) is 1. The number of unbranched alkanes of at least 4 members (excludes halogenated alkanes) is 6. The molecule has 0 aromatic carbocycles. The van der Waals surface area contributed by atoms with Gasteiger partial charge in [0.15, 0.2) is 0 Å². The molecule has 0 aliphatic carbocycles. The summed E-state index contributed by atoms with van der Waals surface area (Å²) in [5.41, 5.74) is 0. The topological polar surface area (TPSA) is 54.4 Å². The molecule has 0 amide bonds. The van der Waals surface area contributed by atoms with E-state index in [1.165, 1.54) is 32.1 Å². The van der Waals surface area contributed by atoms with Crippen molar-refractivity contribution in [1.82, 2.24) is 0 Å². The molecule has 0 aliphatic rings. The molecule has 0 heterocycles. The fraction of sp³-hybridized carbons (Fsp3) is 1.00. The van der Waals surface area contributed by atoms with Gasteiger partial charge in [-0.3, -0.25) is 0 Å². The van der Waals surface area contributed by atoms with Crippen molar-refractivity contribution in [3.05, 3.63) is 0 Å². The standard InChI is InChI=1S/C10H21O3S.Li/c1-2-3-4-5-6-7-8-9-10-14(11,12)13;/h10H,2-9H2,1H3,(H,11,12,13);. The van der Waals surface area contributed by atoms with Crippen molar-refractivity contribution < 1.29 is 13.0 Å². The first kappa shape index (κ1) is 15.5. The quantitative estimate of drug-likeness (QED) is 0.375. The molecule has 0 fully saturated rings. The summed E-state index contributed by atoms with van der Waals surface area (Å²) < 4.78 is 29.5. The summed E-state index contributed by atoms with van der Waals surface area (Å²) in [6, 6.07) is 0. The maximum atomic E-state index is 10.7. The van der Waals surface area contributed by atoms with Crippen LogP contribution in [0.2, 0.25) is 0 Å². The van der Waals surface area contributed by atoms with Crippen molar-refractivity contribution in [2.75, 3.05) is 0 Å². The predicted octanol–water partition coefficient (Wildman–Crippen LogP) is 2.51. The van der Waals surface area contributed by atoms with Gasteiger partial charge in [0.05, 0.1) is 0 Å². The molecule has 0 bridgehead atoms. The summed E-state index contributed by atoms with van der Waals surface area (Å²) in [5, 5.41) is 0. The molecule has 3 nitrogen and oxygen atoms in total. The van der Waals surface area contributed by atoms with Gasteiger partial charge in [0.2, 0.25) is 0 Å². The number of rotatable bonds is 9. The molecule has 0 aliphatic heterocycles. The van der Waals surface area contributed by atoms with Crippen LogP contribution in [0.1, 0.15) is 58.3 Å². The minimum atomic E-state index is -3.80. The van der Waals surface area contributed by atoms with Gasteiger partial charge in [-0.25, -0.2) is 0 Å². The molecule has 0 spiro atoms. The zero-order valence-electron chi connectivity index (χ0n) is 9.91. The van der Waals surface area contributed by atoms with E-state index in [1.54, 1.807) is 17.7 Å². The Balaban J connectivity index is 3.32. The molecule has 0 aromatic rings. The zero-order chi connectivity index (χ0) is 11.7. The maximum absolute atomic E-state index is 10.7. The van der Waals surface area contributed by atoms with Gasteiger partial charge in [0, 0.05) is 0 Å². The van der Waals surface area contributed by atoms with Crippen molar-refractivity contribution in [3.8, 4) is 0 Å². The van der Waals surface area contributed by atoms with E-state index in [-0.39, 0.29) is 0 Å². The van der Waals surface area contributed by atoms with Gasteiger partial charge in [0.25, 0.3) is 0 Å². The van der Waals surface area contributed by atoms with Gasteiger partial charge < -0.3 is 0 Å². The van der Waals surface area contributed by atoms with Crippen molar-refractivity contribution in [3.63, 3.8) is 0 Å². The summed E-state index contributed by atoms with van der Waals surface area (Å²) in [7, 11) is -3.80. The van der Waals surface area contributed by atoms with E-state index in [0.717, 1.165) is 12.8 Å². The van der Waals surface area contributed by atoms with Crippen LogP contribution in [0.4, 0.5) is 0 Å². The third kappa shape index (κ3) is 9.44. The van der Waals surface area contributed by atoms with E-state index in [2.05, 4.69) is 6.92 Å². The second-order valence-electron chi connectivity index (χ2n) is 4.24. The van der Waals surface area contributed by atoms with E-state index in [0.29, 0.717) is 6.42 Å². The summed E-state index contributed by atoms with van der Waals surface area (Å²) in [4.78, 5) is 0. The fourth-order valence-corrected chi connectivity index (χ4v) is 2.00. The Morgan fingerprint density at radius 3 is 2.00 bits per heavy atom. The van der Waals surface area contributed by atoms with Crippen LogP contribution in [0.3, 0.4) is 0 Å². The molecule has 0 saturated carbocycles. The van der Waals surface area contributed by atoms with E-state index in [1.807, 2.05) is 0 Å². The van der Waals surface area contributed by atoms with Gasteiger partial charge >= 0.3 is 103 Å². The van der Waals surface area contributed by atoms with Gasteiger partial charge in [-0.15, -0.1) is 0 Å². The van der Waals surface area contributed by atoms with Crippen LogP contribution < -0.4 is 0 Å². The SMILES string of the molecule is [Li][CH](CCCCCCCCC)S(=O)(=O)O. The molecule has 86 valence electrons. The minimum absolute atomic E-state index is 0.576. The molecule has 1 N–H and O–H groups in total. The molecule has 15 heavy (non-hydrogen) atoms. The van der Waals surface area contributed by atoms with Crippen LogP contribution in [0, 0.1) is 0 Å². The van der Waals surface area contributed by atoms with Gasteiger partial charge in [-0.2, -0.15) is 0 Å². The van der Waals surface area contributed by atoms with Crippen LogP contribution >= 0.6 is 0 Å². The Morgan fingerprint density at radius 2 is 1.53 bits per heavy atom. The second kappa shape index (κ2) is 8.64. The Labute approximate surface area is 103 Å². The van der Waals surface area contributed by atoms with Gasteiger partial charge in [0.1, 0.15) is 0 Å². The third-order valence-electron chi connectivity index (χ3n) is 2.72. The Kier molecular flexibility index (Phi) is 8.93. The van der Waals surface area contributed by atoms with Crippen molar-refractivity contribution in [1.29, 1.82) is 0 Å². The van der Waals surface area contributed by atoms with Crippen molar-refractivity contribution in [2.45, 2.75) is 62.2 Å². The molecule has 1 atom stereocenters. The summed E-state index contributed by atoms with van der Waals surface area (Å²) in [6.45, 7) is 2.19. The van der Waals surface area contributed by atoms with E-state index in [9.17, 15) is 8.42 Å². The van der Waals surface area contributed by atoms with Crippen LogP contribution in [0.25, 0.3) is 0 Å². The Bertz CT molecular complexity index is 239. The molecule has 5 heteroatoms. The number of hydrogen-bond acceptors (Lipinski definition) is 2. The Hall–Kier alpha value is 0.507. The molecule has 0 aromatic heterocycles. The molecular formula is C10H21LiO3S. The van der Waals surface area contributed by atoms with Crippen molar-refractivity contribution >= 4 is 27.8 Å². The van der Waals surface area contributed by atoms with E-state index >= 15 is 0 Å². The Morgan fingerprint density at radius 1 is 1.07 bits per heavy atom. The molecule has 1 unspecified atom stereocenters. The summed E-state index contributed by atoms with van der Waals surface area (Å²) in [5.74, 6) is 0. The first-order chi connectivity index (χ1) is 6.98. The second-order valence-corrected chi connectivity index (χ2v) is 6.07. The molecule has 0 rings (SSSR count). The summed E-state index contributed by atoms with van der Waals surface area (Å²) in [6.07, 6.45) is 8.79. The van der Waals surface area contributed by atoms with Gasteiger partial charge in [-0.1, -0.05) is 0 Å². The molecule has 0 radical (unpaired) electrons. The summed E-state index contributed by atoms with van der Waals surface area (Å²) >= 11 is 1.56. The first-order valence-electron chi connectivity index (χ1n) is 5.94. The molecular weight excluding hydrogens is 207 g/mol. The average Bonchev–Trinajstić information content (AvgIpc) is 2.14. The zero-order valence-corrected chi connectivity index (χ0v) is 10.7. The van der Waals surface area contributed by atoms with Gasteiger partial charge in [-0.05, 0) is 0 Å². The molecule has 0 saturated heterocycles. The van der Waals surface area contributed by atoms with Crippen LogP contribution in [-0.2, 0) is 10.1 Å².